The number of carbonyl (C=O) groups is 1. The number of esters is 1. The van der Waals surface area contributed by atoms with E-state index in [0.717, 1.165) is 25.0 Å². The molecule has 2 heterocycles. The largest absolute Gasteiger partial charge is 0.458 e. The maximum absolute atomic E-state index is 12.5. The van der Waals surface area contributed by atoms with Crippen LogP contribution in [-0.4, -0.2) is 39.8 Å². The van der Waals surface area contributed by atoms with Crippen molar-refractivity contribution < 1.29 is 14.3 Å². The Bertz CT molecular complexity index is 768. The summed E-state index contributed by atoms with van der Waals surface area (Å²) in [5.41, 5.74) is 1.99. The third-order valence-corrected chi connectivity index (χ3v) is 5.30. The highest BCUT2D eigenvalue weighted by atomic mass is 16.6. The lowest BCUT2D eigenvalue weighted by Crippen LogP contribution is -2.65. The summed E-state index contributed by atoms with van der Waals surface area (Å²) in [6, 6.07) is 5.37. The van der Waals surface area contributed by atoms with Gasteiger partial charge in [-0.15, -0.1) is 5.10 Å². The zero-order chi connectivity index (χ0) is 16.2. The van der Waals surface area contributed by atoms with Gasteiger partial charge >= 0.3 is 5.97 Å². The molecule has 3 atom stereocenters. The molecule has 1 saturated heterocycles. The van der Waals surface area contributed by atoms with Gasteiger partial charge in [0.1, 0.15) is 11.6 Å². The molecular weight excluding hydrogens is 294 g/mol. The number of hydrogen-bond acceptors (Lipinski definition) is 5. The molecular formula is C17H21N3O3. The molecule has 2 aliphatic rings. The Kier molecular flexibility index (Phi) is 3.20. The summed E-state index contributed by atoms with van der Waals surface area (Å²) in [7, 11) is 1.83. The van der Waals surface area contributed by atoms with Crippen molar-refractivity contribution in [3.63, 3.8) is 0 Å². The molecule has 0 unspecified atom stereocenters. The van der Waals surface area contributed by atoms with Crippen LogP contribution >= 0.6 is 0 Å². The Morgan fingerprint density at radius 2 is 2.26 bits per heavy atom. The summed E-state index contributed by atoms with van der Waals surface area (Å²) >= 11 is 0. The van der Waals surface area contributed by atoms with Crippen LogP contribution in [0, 0.1) is 11.3 Å². The Hall–Kier alpha value is -1.95. The van der Waals surface area contributed by atoms with E-state index in [4.69, 9.17) is 9.47 Å². The van der Waals surface area contributed by atoms with E-state index in [9.17, 15) is 4.79 Å². The third kappa shape index (κ3) is 2.16. The molecule has 1 aliphatic heterocycles. The summed E-state index contributed by atoms with van der Waals surface area (Å²) in [4.78, 5) is 12.5. The second-order valence-corrected chi connectivity index (χ2v) is 7.16. The van der Waals surface area contributed by atoms with E-state index in [1.807, 2.05) is 13.1 Å². The van der Waals surface area contributed by atoms with Gasteiger partial charge in [-0.2, -0.15) is 0 Å². The number of hydrogen-bond donors (Lipinski definition) is 0. The second-order valence-electron chi connectivity index (χ2n) is 7.16. The zero-order valence-electron chi connectivity index (χ0n) is 13.7. The molecule has 0 spiro atoms. The fourth-order valence-corrected chi connectivity index (χ4v) is 4.07. The highest BCUT2D eigenvalue weighted by Gasteiger charge is 2.60. The quantitative estimate of drug-likeness (QED) is 0.796. The first-order chi connectivity index (χ1) is 11.0. The Morgan fingerprint density at radius 1 is 1.43 bits per heavy atom. The number of aryl methyl sites for hydroxylation is 1. The van der Waals surface area contributed by atoms with Gasteiger partial charge in [0.2, 0.25) is 0 Å². The minimum absolute atomic E-state index is 0.0853. The van der Waals surface area contributed by atoms with Crippen molar-refractivity contribution in [2.24, 2.45) is 18.4 Å². The van der Waals surface area contributed by atoms with Gasteiger partial charge < -0.3 is 9.47 Å². The van der Waals surface area contributed by atoms with Crippen molar-refractivity contribution in [2.75, 3.05) is 6.61 Å². The molecule has 0 amide bonds. The third-order valence-electron chi connectivity index (χ3n) is 5.30. The molecule has 2 aromatic rings. The SMILES string of the molecule is Cn1nnc2cc(C(=O)O[C@@H]3[C@H]4CCCO[C@H]4C3(C)C)ccc21. The monoisotopic (exact) mass is 315 g/mol. The first-order valence-electron chi connectivity index (χ1n) is 8.10. The standard InChI is InChI=1S/C17H21N3O3/c1-17(2)14-11(5-4-8-22-14)15(17)23-16(21)10-6-7-13-12(9-10)18-19-20(13)3/h6-7,9,11,14-15H,4-5,8H2,1-3H3/t11-,14+,15+/m0/s1. The van der Waals surface area contributed by atoms with Gasteiger partial charge in [0.25, 0.3) is 0 Å². The lowest BCUT2D eigenvalue weighted by molar-refractivity contribution is -0.243. The van der Waals surface area contributed by atoms with Gasteiger partial charge in [-0.1, -0.05) is 19.1 Å². The summed E-state index contributed by atoms with van der Waals surface area (Å²) in [6.07, 6.45) is 2.22. The average molecular weight is 315 g/mol. The van der Waals surface area contributed by atoms with Crippen LogP contribution in [0.3, 0.4) is 0 Å². The zero-order valence-corrected chi connectivity index (χ0v) is 13.7. The van der Waals surface area contributed by atoms with Crippen LogP contribution in [0.25, 0.3) is 11.0 Å². The number of carbonyl (C=O) groups excluding carboxylic acids is 1. The summed E-state index contributed by atoms with van der Waals surface area (Å²) in [5, 5.41) is 8.01. The van der Waals surface area contributed by atoms with Crippen molar-refractivity contribution >= 4 is 17.0 Å². The van der Waals surface area contributed by atoms with Crippen LogP contribution < -0.4 is 0 Å². The summed E-state index contributed by atoms with van der Waals surface area (Å²) in [6.45, 7) is 5.04. The fraction of sp³-hybridized carbons (Fsp3) is 0.588. The summed E-state index contributed by atoms with van der Waals surface area (Å²) in [5.74, 6) is 0.0302. The predicted molar refractivity (Wildman–Crippen MR) is 84.0 cm³/mol. The van der Waals surface area contributed by atoms with Crippen LogP contribution in [0.1, 0.15) is 37.0 Å². The van der Waals surface area contributed by atoms with Crippen molar-refractivity contribution in [1.29, 1.82) is 0 Å². The highest BCUT2D eigenvalue weighted by Crippen LogP contribution is 2.53. The first-order valence-corrected chi connectivity index (χ1v) is 8.10. The summed E-state index contributed by atoms with van der Waals surface area (Å²) < 4.78 is 13.4. The molecule has 1 saturated carbocycles. The molecule has 122 valence electrons. The maximum atomic E-state index is 12.5. The van der Waals surface area contributed by atoms with E-state index in [-0.39, 0.29) is 23.6 Å². The van der Waals surface area contributed by atoms with Crippen LogP contribution in [0.4, 0.5) is 0 Å². The van der Waals surface area contributed by atoms with E-state index < -0.39 is 0 Å². The van der Waals surface area contributed by atoms with Gasteiger partial charge in [-0.3, -0.25) is 0 Å². The van der Waals surface area contributed by atoms with Crippen molar-refractivity contribution in [2.45, 2.75) is 38.9 Å². The van der Waals surface area contributed by atoms with Crippen molar-refractivity contribution in [3.8, 4) is 0 Å². The second kappa shape index (κ2) is 5.03. The molecule has 2 fully saturated rings. The van der Waals surface area contributed by atoms with E-state index in [2.05, 4.69) is 24.2 Å². The highest BCUT2D eigenvalue weighted by molar-refractivity contribution is 5.93. The minimum Gasteiger partial charge on any atom is -0.458 e. The molecule has 1 aromatic carbocycles. The lowest BCUT2D eigenvalue weighted by Gasteiger charge is -2.58. The first kappa shape index (κ1) is 14.6. The van der Waals surface area contributed by atoms with E-state index >= 15 is 0 Å². The lowest BCUT2D eigenvalue weighted by atomic mass is 9.57. The molecule has 0 bridgehead atoms. The number of aromatic nitrogens is 3. The number of fused-ring (bicyclic) bond motifs is 2. The Morgan fingerprint density at radius 3 is 3.09 bits per heavy atom. The van der Waals surface area contributed by atoms with Gasteiger partial charge in [0, 0.05) is 25.0 Å². The van der Waals surface area contributed by atoms with Crippen LogP contribution in [0.5, 0.6) is 0 Å². The minimum atomic E-state index is -0.292. The topological polar surface area (TPSA) is 66.2 Å². The van der Waals surface area contributed by atoms with Gasteiger partial charge in [-0.25, -0.2) is 9.48 Å². The molecule has 6 heteroatoms. The fourth-order valence-electron chi connectivity index (χ4n) is 4.07. The Balaban J connectivity index is 1.54. The van der Waals surface area contributed by atoms with Crippen LogP contribution in [-0.2, 0) is 16.5 Å². The molecule has 0 N–H and O–H groups in total. The average Bonchev–Trinajstić information content (AvgIpc) is 2.93. The van der Waals surface area contributed by atoms with Gasteiger partial charge in [0.15, 0.2) is 0 Å². The molecule has 1 aliphatic carbocycles. The van der Waals surface area contributed by atoms with Crippen molar-refractivity contribution in [1.82, 2.24) is 15.0 Å². The van der Waals surface area contributed by atoms with Gasteiger partial charge in [-0.05, 0) is 31.0 Å². The predicted octanol–water partition coefficient (Wildman–Crippen LogP) is 2.33. The smallest absolute Gasteiger partial charge is 0.338 e. The number of rotatable bonds is 2. The van der Waals surface area contributed by atoms with Crippen LogP contribution in [0.15, 0.2) is 18.2 Å². The molecule has 4 rings (SSSR count). The van der Waals surface area contributed by atoms with Crippen LogP contribution in [0.2, 0.25) is 0 Å². The molecule has 6 nitrogen and oxygen atoms in total. The maximum Gasteiger partial charge on any atom is 0.338 e. The number of benzene rings is 1. The number of nitrogens with zero attached hydrogens (tertiary/aromatic N) is 3. The number of ether oxygens (including phenoxy) is 2. The van der Waals surface area contributed by atoms with E-state index in [1.54, 1.807) is 16.8 Å². The normalized spacial score (nSPS) is 28.9. The molecule has 23 heavy (non-hydrogen) atoms. The van der Waals surface area contributed by atoms with Gasteiger partial charge in [0.05, 0.1) is 17.2 Å². The Labute approximate surface area is 134 Å². The molecule has 0 radical (unpaired) electrons. The molecule has 1 aromatic heterocycles. The van der Waals surface area contributed by atoms with E-state index in [1.165, 1.54) is 0 Å². The van der Waals surface area contributed by atoms with E-state index in [0.29, 0.717) is 17.0 Å². The van der Waals surface area contributed by atoms with Crippen molar-refractivity contribution in [3.05, 3.63) is 23.8 Å².